The monoisotopic (exact) mass is 295 g/mol. The molecule has 1 aliphatic carbocycles. The summed E-state index contributed by atoms with van der Waals surface area (Å²) in [6.07, 6.45) is 4.07. The van der Waals surface area contributed by atoms with Gasteiger partial charge in [0.05, 0.1) is 0 Å². The lowest BCUT2D eigenvalue weighted by Gasteiger charge is -2.48. The standard InChI is InChI=1S/C18H37N3/c1-6-19-16-7-8-18(4,5)13-17(16)21-11-9-20(10-12-21)14-15(2)3/h15-17,19H,6-14H2,1-5H3. The summed E-state index contributed by atoms with van der Waals surface area (Å²) in [6, 6.07) is 1.45. The lowest BCUT2D eigenvalue weighted by atomic mass is 9.72. The Morgan fingerprint density at radius 2 is 1.81 bits per heavy atom. The van der Waals surface area contributed by atoms with Gasteiger partial charge in [-0.05, 0) is 37.1 Å². The van der Waals surface area contributed by atoms with Crippen molar-refractivity contribution in [2.45, 2.75) is 66.0 Å². The molecule has 3 heteroatoms. The van der Waals surface area contributed by atoms with Crippen molar-refractivity contribution in [2.75, 3.05) is 39.3 Å². The molecule has 2 aliphatic rings. The number of nitrogens with zero attached hydrogens (tertiary/aromatic N) is 2. The first kappa shape index (κ1) is 17.2. The molecule has 1 saturated carbocycles. The predicted molar refractivity (Wildman–Crippen MR) is 91.7 cm³/mol. The van der Waals surface area contributed by atoms with Gasteiger partial charge in [0.1, 0.15) is 0 Å². The molecule has 0 aromatic heterocycles. The first-order chi connectivity index (χ1) is 9.91. The molecule has 124 valence electrons. The van der Waals surface area contributed by atoms with Crippen LogP contribution in [0.15, 0.2) is 0 Å². The third-order valence-electron chi connectivity index (χ3n) is 5.32. The summed E-state index contributed by atoms with van der Waals surface area (Å²) in [4.78, 5) is 5.43. The van der Waals surface area contributed by atoms with Crippen LogP contribution >= 0.6 is 0 Å². The fourth-order valence-corrected chi connectivity index (χ4v) is 4.23. The van der Waals surface area contributed by atoms with E-state index < -0.39 is 0 Å². The van der Waals surface area contributed by atoms with Gasteiger partial charge >= 0.3 is 0 Å². The van der Waals surface area contributed by atoms with E-state index in [0.717, 1.165) is 18.5 Å². The molecule has 0 spiro atoms. The average molecular weight is 296 g/mol. The minimum absolute atomic E-state index is 0.519. The van der Waals surface area contributed by atoms with Crippen LogP contribution in [0.5, 0.6) is 0 Å². The second kappa shape index (κ2) is 7.43. The van der Waals surface area contributed by atoms with Gasteiger partial charge in [0.15, 0.2) is 0 Å². The Morgan fingerprint density at radius 1 is 1.14 bits per heavy atom. The van der Waals surface area contributed by atoms with E-state index in [0.29, 0.717) is 11.5 Å². The third-order valence-corrected chi connectivity index (χ3v) is 5.32. The van der Waals surface area contributed by atoms with Crippen molar-refractivity contribution >= 4 is 0 Å². The van der Waals surface area contributed by atoms with E-state index in [-0.39, 0.29) is 0 Å². The van der Waals surface area contributed by atoms with Crippen LogP contribution < -0.4 is 5.32 Å². The SMILES string of the molecule is CCNC1CCC(C)(C)CC1N1CCN(CC(C)C)CC1. The largest absolute Gasteiger partial charge is 0.313 e. The highest BCUT2D eigenvalue weighted by molar-refractivity contribution is 4.95. The molecule has 1 saturated heterocycles. The van der Waals surface area contributed by atoms with Crippen molar-refractivity contribution in [2.24, 2.45) is 11.3 Å². The highest BCUT2D eigenvalue weighted by Gasteiger charge is 2.38. The Balaban J connectivity index is 1.92. The van der Waals surface area contributed by atoms with E-state index in [4.69, 9.17) is 0 Å². The Bertz CT molecular complexity index is 306. The van der Waals surface area contributed by atoms with Crippen LogP contribution in [0.3, 0.4) is 0 Å². The van der Waals surface area contributed by atoms with E-state index in [2.05, 4.69) is 49.7 Å². The second-order valence-electron chi connectivity index (χ2n) is 8.37. The first-order valence-corrected chi connectivity index (χ1v) is 9.11. The Kier molecular flexibility index (Phi) is 6.10. The van der Waals surface area contributed by atoms with E-state index in [1.165, 1.54) is 52.0 Å². The summed E-state index contributed by atoms with van der Waals surface area (Å²) >= 11 is 0. The highest BCUT2D eigenvalue weighted by Crippen LogP contribution is 2.37. The Labute approximate surface area is 132 Å². The summed E-state index contributed by atoms with van der Waals surface area (Å²) in [7, 11) is 0. The lowest BCUT2D eigenvalue weighted by Crippen LogP contribution is -2.59. The lowest BCUT2D eigenvalue weighted by molar-refractivity contribution is 0.0267. The van der Waals surface area contributed by atoms with Crippen LogP contribution in [-0.2, 0) is 0 Å². The quantitative estimate of drug-likeness (QED) is 0.841. The minimum atomic E-state index is 0.519. The Hall–Kier alpha value is -0.120. The minimum Gasteiger partial charge on any atom is -0.313 e. The van der Waals surface area contributed by atoms with Gasteiger partial charge in [-0.1, -0.05) is 34.6 Å². The molecular weight excluding hydrogens is 258 g/mol. The Morgan fingerprint density at radius 3 is 2.38 bits per heavy atom. The number of rotatable bonds is 5. The van der Waals surface area contributed by atoms with Gasteiger partial charge in [-0.25, -0.2) is 0 Å². The van der Waals surface area contributed by atoms with Crippen molar-refractivity contribution < 1.29 is 0 Å². The zero-order valence-corrected chi connectivity index (χ0v) is 15.0. The maximum atomic E-state index is 3.76. The molecular formula is C18H37N3. The molecule has 1 heterocycles. The molecule has 2 atom stereocenters. The second-order valence-corrected chi connectivity index (χ2v) is 8.37. The number of nitrogens with one attached hydrogen (secondary N) is 1. The van der Waals surface area contributed by atoms with Crippen molar-refractivity contribution in [1.82, 2.24) is 15.1 Å². The van der Waals surface area contributed by atoms with E-state index in [9.17, 15) is 0 Å². The van der Waals surface area contributed by atoms with Crippen LogP contribution in [0.1, 0.15) is 53.9 Å². The normalized spacial score (nSPS) is 31.7. The number of likely N-dealkylation sites (N-methyl/N-ethyl adjacent to an activating group) is 1. The van der Waals surface area contributed by atoms with Crippen molar-refractivity contribution in [3.8, 4) is 0 Å². The van der Waals surface area contributed by atoms with Gasteiger partial charge in [-0.3, -0.25) is 4.90 Å². The van der Waals surface area contributed by atoms with Gasteiger partial charge in [0, 0.05) is 44.8 Å². The molecule has 0 aromatic rings. The molecule has 3 nitrogen and oxygen atoms in total. The van der Waals surface area contributed by atoms with E-state index in [1.807, 2.05) is 0 Å². The van der Waals surface area contributed by atoms with Crippen molar-refractivity contribution in [3.63, 3.8) is 0 Å². The molecule has 1 N–H and O–H groups in total. The first-order valence-electron chi connectivity index (χ1n) is 9.11. The van der Waals surface area contributed by atoms with Crippen LogP contribution in [-0.4, -0.2) is 61.2 Å². The van der Waals surface area contributed by atoms with Gasteiger partial charge in [-0.2, -0.15) is 0 Å². The fourth-order valence-electron chi connectivity index (χ4n) is 4.23. The summed E-state index contributed by atoms with van der Waals surface area (Å²) < 4.78 is 0. The molecule has 2 fully saturated rings. The van der Waals surface area contributed by atoms with Crippen LogP contribution in [0, 0.1) is 11.3 Å². The molecule has 2 unspecified atom stereocenters. The maximum Gasteiger partial charge on any atom is 0.0255 e. The third kappa shape index (κ3) is 4.94. The number of piperazine rings is 1. The fraction of sp³-hybridized carbons (Fsp3) is 1.00. The number of hydrogen-bond donors (Lipinski definition) is 1. The number of hydrogen-bond acceptors (Lipinski definition) is 3. The average Bonchev–Trinajstić information content (AvgIpc) is 2.41. The van der Waals surface area contributed by atoms with Crippen LogP contribution in [0.2, 0.25) is 0 Å². The van der Waals surface area contributed by atoms with Gasteiger partial charge in [0.25, 0.3) is 0 Å². The zero-order chi connectivity index (χ0) is 15.5. The molecule has 0 amide bonds. The van der Waals surface area contributed by atoms with Gasteiger partial charge in [0.2, 0.25) is 0 Å². The van der Waals surface area contributed by atoms with Crippen molar-refractivity contribution in [3.05, 3.63) is 0 Å². The molecule has 0 radical (unpaired) electrons. The van der Waals surface area contributed by atoms with E-state index in [1.54, 1.807) is 0 Å². The smallest absolute Gasteiger partial charge is 0.0255 e. The van der Waals surface area contributed by atoms with Crippen LogP contribution in [0.25, 0.3) is 0 Å². The summed E-state index contributed by atoms with van der Waals surface area (Å²) in [5.74, 6) is 0.791. The van der Waals surface area contributed by atoms with Gasteiger partial charge < -0.3 is 10.2 Å². The zero-order valence-electron chi connectivity index (χ0n) is 15.0. The topological polar surface area (TPSA) is 18.5 Å². The summed E-state index contributed by atoms with van der Waals surface area (Å²) in [5, 5.41) is 3.76. The maximum absolute atomic E-state index is 3.76. The molecule has 0 bridgehead atoms. The summed E-state index contributed by atoms with van der Waals surface area (Å²) in [5.41, 5.74) is 0.519. The van der Waals surface area contributed by atoms with Crippen LogP contribution in [0.4, 0.5) is 0 Å². The molecule has 1 aliphatic heterocycles. The molecule has 21 heavy (non-hydrogen) atoms. The van der Waals surface area contributed by atoms with Gasteiger partial charge in [-0.15, -0.1) is 0 Å². The predicted octanol–water partition coefficient (Wildman–Crippen LogP) is 2.82. The summed E-state index contributed by atoms with van der Waals surface area (Å²) in [6.45, 7) is 19.2. The molecule has 2 rings (SSSR count). The van der Waals surface area contributed by atoms with Crippen molar-refractivity contribution in [1.29, 1.82) is 0 Å². The highest BCUT2D eigenvalue weighted by atomic mass is 15.3. The molecule has 0 aromatic carbocycles. The van der Waals surface area contributed by atoms with E-state index >= 15 is 0 Å².